The molecule has 2 aromatic rings. The number of carbonyl (C=O) groups is 2. The summed E-state index contributed by atoms with van der Waals surface area (Å²) in [5.41, 5.74) is 1.87. The van der Waals surface area contributed by atoms with Crippen LogP contribution in [-0.4, -0.2) is 77.4 Å². The standard InChI is InChI=1S/C31H46N4O4/c1-31(2,3)39-30(37)35(19-22-10-11-22)26-16-23(17-32-18-26)29(36)34(25-12-13-25)21-24-20-33(14-7-15-38-4)28-9-6-5-8-27(24)28/h5-6,8-9,20,22-23,25-26,32H,7,10-19,21H2,1-4H3. The number of piperidine rings is 1. The number of carbonyl (C=O) groups excluding carboxylic acids is 2. The first-order valence-corrected chi connectivity index (χ1v) is 14.8. The molecule has 2 atom stereocenters. The zero-order valence-corrected chi connectivity index (χ0v) is 24.2. The van der Waals surface area contributed by atoms with E-state index in [1.165, 1.54) is 16.5 Å². The average Bonchev–Trinajstić information content (AvgIpc) is 3.84. The number of rotatable bonds is 11. The normalized spacial score (nSPS) is 21.6. The fourth-order valence-corrected chi connectivity index (χ4v) is 5.82. The molecule has 2 saturated carbocycles. The number of hydrogen-bond acceptors (Lipinski definition) is 5. The molecule has 5 rings (SSSR count). The molecular weight excluding hydrogens is 492 g/mol. The fourth-order valence-electron chi connectivity index (χ4n) is 5.82. The van der Waals surface area contributed by atoms with E-state index >= 15 is 0 Å². The van der Waals surface area contributed by atoms with Crippen molar-refractivity contribution in [2.24, 2.45) is 11.8 Å². The quantitative estimate of drug-likeness (QED) is 0.416. The molecule has 8 nitrogen and oxygen atoms in total. The van der Waals surface area contributed by atoms with Gasteiger partial charge in [0.25, 0.3) is 0 Å². The van der Waals surface area contributed by atoms with E-state index in [9.17, 15) is 9.59 Å². The van der Waals surface area contributed by atoms with Crippen LogP contribution in [0, 0.1) is 11.8 Å². The van der Waals surface area contributed by atoms with Crippen molar-refractivity contribution in [3.8, 4) is 0 Å². The second-order valence-corrected chi connectivity index (χ2v) is 12.7. The molecule has 1 aromatic carbocycles. The monoisotopic (exact) mass is 538 g/mol. The summed E-state index contributed by atoms with van der Waals surface area (Å²) < 4.78 is 13.4. The Morgan fingerprint density at radius 3 is 2.51 bits per heavy atom. The lowest BCUT2D eigenvalue weighted by atomic mass is 9.93. The maximum absolute atomic E-state index is 14.1. The van der Waals surface area contributed by atoms with Gasteiger partial charge >= 0.3 is 6.09 Å². The Kier molecular flexibility index (Phi) is 8.52. The number of aryl methyl sites for hydroxylation is 1. The lowest BCUT2D eigenvalue weighted by molar-refractivity contribution is -0.138. The minimum atomic E-state index is -0.540. The van der Waals surface area contributed by atoms with Crippen molar-refractivity contribution < 1.29 is 19.1 Å². The molecule has 2 unspecified atom stereocenters. The summed E-state index contributed by atoms with van der Waals surface area (Å²) in [5.74, 6) is 0.614. The number of benzene rings is 1. The number of ether oxygens (including phenoxy) is 2. The molecule has 0 spiro atoms. The van der Waals surface area contributed by atoms with E-state index in [2.05, 4.69) is 45.2 Å². The zero-order chi connectivity index (χ0) is 27.6. The summed E-state index contributed by atoms with van der Waals surface area (Å²) in [7, 11) is 1.74. The lowest BCUT2D eigenvalue weighted by Crippen LogP contribution is -2.55. The predicted octanol–water partition coefficient (Wildman–Crippen LogP) is 4.79. The Bertz CT molecular complexity index is 1150. The van der Waals surface area contributed by atoms with Crippen molar-refractivity contribution in [1.82, 2.24) is 19.7 Å². The molecular formula is C31H46N4O4. The van der Waals surface area contributed by atoms with Crippen LogP contribution in [-0.2, 0) is 27.4 Å². The zero-order valence-electron chi connectivity index (χ0n) is 24.2. The van der Waals surface area contributed by atoms with Gasteiger partial charge in [-0.15, -0.1) is 0 Å². The highest BCUT2D eigenvalue weighted by Crippen LogP contribution is 2.35. The SMILES string of the molecule is COCCCn1cc(CN(C(=O)C2CNCC(N(CC3CC3)C(=O)OC(C)(C)C)C2)C2CC2)c2ccccc21. The van der Waals surface area contributed by atoms with Gasteiger partial charge in [-0.1, -0.05) is 18.2 Å². The van der Waals surface area contributed by atoms with Gasteiger partial charge < -0.3 is 29.2 Å². The molecule has 1 saturated heterocycles. The number of fused-ring (bicyclic) bond motifs is 1. The van der Waals surface area contributed by atoms with E-state index in [0.717, 1.165) is 51.8 Å². The molecule has 3 aliphatic rings. The minimum absolute atomic E-state index is 0.0353. The van der Waals surface area contributed by atoms with E-state index in [-0.39, 0.29) is 24.0 Å². The summed E-state index contributed by atoms with van der Waals surface area (Å²) in [4.78, 5) is 31.3. The minimum Gasteiger partial charge on any atom is -0.444 e. The van der Waals surface area contributed by atoms with E-state index in [1.807, 2.05) is 25.7 Å². The Balaban J connectivity index is 1.31. The highest BCUT2D eigenvalue weighted by molar-refractivity contribution is 5.85. The molecule has 0 bridgehead atoms. The van der Waals surface area contributed by atoms with Crippen LogP contribution in [0.3, 0.4) is 0 Å². The maximum atomic E-state index is 14.1. The molecule has 1 aromatic heterocycles. The molecule has 2 aliphatic carbocycles. The summed E-state index contributed by atoms with van der Waals surface area (Å²) in [5, 5.41) is 4.70. The average molecular weight is 539 g/mol. The van der Waals surface area contributed by atoms with Crippen LogP contribution in [0.25, 0.3) is 10.9 Å². The molecule has 0 radical (unpaired) electrons. The topological polar surface area (TPSA) is 76.0 Å². The molecule has 214 valence electrons. The maximum Gasteiger partial charge on any atom is 0.410 e. The van der Waals surface area contributed by atoms with Crippen molar-refractivity contribution >= 4 is 22.9 Å². The highest BCUT2D eigenvalue weighted by atomic mass is 16.6. The fraction of sp³-hybridized carbons (Fsp3) is 0.677. The smallest absolute Gasteiger partial charge is 0.410 e. The Labute approximate surface area is 233 Å². The molecule has 1 aliphatic heterocycles. The van der Waals surface area contributed by atoms with Gasteiger partial charge in [0.15, 0.2) is 0 Å². The van der Waals surface area contributed by atoms with E-state index in [4.69, 9.17) is 9.47 Å². The molecule has 39 heavy (non-hydrogen) atoms. The van der Waals surface area contributed by atoms with Crippen molar-refractivity contribution in [1.29, 1.82) is 0 Å². The number of nitrogens with zero attached hydrogens (tertiary/aromatic N) is 3. The van der Waals surface area contributed by atoms with Crippen LogP contribution < -0.4 is 5.32 Å². The molecule has 1 N–H and O–H groups in total. The molecule has 2 amide bonds. The third kappa shape index (κ3) is 7.14. The van der Waals surface area contributed by atoms with Crippen molar-refractivity contribution in [2.45, 2.75) is 90.1 Å². The van der Waals surface area contributed by atoms with Gasteiger partial charge in [-0.3, -0.25) is 4.79 Å². The first-order chi connectivity index (χ1) is 18.7. The van der Waals surface area contributed by atoms with Gasteiger partial charge in [0.2, 0.25) is 5.91 Å². The van der Waals surface area contributed by atoms with Gasteiger partial charge in [0, 0.05) is 75.6 Å². The number of amides is 2. The molecule has 8 heteroatoms. The summed E-state index contributed by atoms with van der Waals surface area (Å²) in [6.07, 6.45) is 8.05. The Hall–Kier alpha value is -2.58. The largest absolute Gasteiger partial charge is 0.444 e. The number of para-hydroxylation sites is 1. The summed E-state index contributed by atoms with van der Waals surface area (Å²) in [6, 6.07) is 8.76. The number of nitrogens with one attached hydrogen (secondary N) is 1. The number of methoxy groups -OCH3 is 1. The van der Waals surface area contributed by atoms with Crippen LogP contribution in [0.5, 0.6) is 0 Å². The molecule has 2 heterocycles. The van der Waals surface area contributed by atoms with Gasteiger partial charge in [-0.25, -0.2) is 4.79 Å². The van der Waals surface area contributed by atoms with Crippen LogP contribution in [0.1, 0.15) is 64.9 Å². The van der Waals surface area contributed by atoms with Gasteiger partial charge in [-0.2, -0.15) is 0 Å². The van der Waals surface area contributed by atoms with Gasteiger partial charge in [0.1, 0.15) is 5.60 Å². The predicted molar refractivity (Wildman–Crippen MR) is 152 cm³/mol. The second kappa shape index (κ2) is 11.9. The Morgan fingerprint density at radius 1 is 1.05 bits per heavy atom. The van der Waals surface area contributed by atoms with Crippen molar-refractivity contribution in [3.63, 3.8) is 0 Å². The van der Waals surface area contributed by atoms with Crippen molar-refractivity contribution in [3.05, 3.63) is 36.0 Å². The lowest BCUT2D eigenvalue weighted by Gasteiger charge is -2.39. The number of hydrogen-bond donors (Lipinski definition) is 1. The third-order valence-electron chi connectivity index (χ3n) is 8.13. The highest BCUT2D eigenvalue weighted by Gasteiger charge is 2.41. The number of aromatic nitrogens is 1. The Morgan fingerprint density at radius 2 is 1.82 bits per heavy atom. The van der Waals surface area contributed by atoms with Crippen LogP contribution in [0.2, 0.25) is 0 Å². The van der Waals surface area contributed by atoms with Crippen LogP contribution >= 0.6 is 0 Å². The van der Waals surface area contributed by atoms with E-state index in [1.54, 1.807) is 7.11 Å². The second-order valence-electron chi connectivity index (χ2n) is 12.7. The molecule has 3 fully saturated rings. The van der Waals surface area contributed by atoms with Gasteiger partial charge in [-0.05, 0) is 76.8 Å². The third-order valence-corrected chi connectivity index (χ3v) is 8.13. The summed E-state index contributed by atoms with van der Waals surface area (Å²) in [6.45, 7) is 10.1. The van der Waals surface area contributed by atoms with Gasteiger partial charge in [0.05, 0.1) is 5.92 Å². The summed E-state index contributed by atoms with van der Waals surface area (Å²) >= 11 is 0. The van der Waals surface area contributed by atoms with E-state index in [0.29, 0.717) is 38.0 Å². The first-order valence-electron chi connectivity index (χ1n) is 14.8. The van der Waals surface area contributed by atoms with Crippen LogP contribution in [0.15, 0.2) is 30.5 Å². The van der Waals surface area contributed by atoms with Crippen molar-refractivity contribution in [2.75, 3.05) is 33.4 Å². The van der Waals surface area contributed by atoms with Crippen LogP contribution in [0.4, 0.5) is 4.79 Å². The first kappa shape index (κ1) is 28.0. The van der Waals surface area contributed by atoms with E-state index < -0.39 is 5.60 Å².